The molecule has 1 N–H and O–H groups in total. The van der Waals surface area contributed by atoms with Gasteiger partial charge in [0.2, 0.25) is 10.0 Å². The topological polar surface area (TPSA) is 46.2 Å². The third kappa shape index (κ3) is 4.95. The normalized spacial score (nSPS) is 13.0. The van der Waals surface area contributed by atoms with Gasteiger partial charge in [-0.1, -0.05) is 66.0 Å². The van der Waals surface area contributed by atoms with E-state index in [4.69, 9.17) is 23.2 Å². The maximum atomic E-state index is 12.5. The van der Waals surface area contributed by atoms with Crippen molar-refractivity contribution in [3.05, 3.63) is 69.2 Å². The molecule has 0 aliphatic rings. The summed E-state index contributed by atoms with van der Waals surface area (Å²) in [6, 6.07) is 12.5. The van der Waals surface area contributed by atoms with Crippen LogP contribution in [0.15, 0.2) is 42.5 Å². The summed E-state index contributed by atoms with van der Waals surface area (Å²) in [7, 11) is -3.57. The molecule has 3 nitrogen and oxygen atoms in total. The molecule has 0 unspecified atom stereocenters. The number of sulfonamides is 1. The average Bonchev–Trinajstić information content (AvgIpc) is 2.50. The van der Waals surface area contributed by atoms with E-state index in [1.807, 2.05) is 38.1 Å². The van der Waals surface area contributed by atoms with Crippen LogP contribution in [0.2, 0.25) is 10.0 Å². The Morgan fingerprint density at radius 3 is 2.13 bits per heavy atom. The largest absolute Gasteiger partial charge is 0.216 e. The van der Waals surface area contributed by atoms with Crippen molar-refractivity contribution >= 4 is 33.2 Å². The van der Waals surface area contributed by atoms with Crippen molar-refractivity contribution in [2.45, 2.75) is 32.1 Å². The van der Waals surface area contributed by atoms with Gasteiger partial charge in [0.1, 0.15) is 0 Å². The molecule has 124 valence electrons. The average molecular weight is 372 g/mol. The van der Waals surface area contributed by atoms with Crippen molar-refractivity contribution in [2.24, 2.45) is 0 Å². The molecule has 0 bridgehead atoms. The van der Waals surface area contributed by atoms with E-state index in [1.54, 1.807) is 18.2 Å². The number of hydrogen-bond donors (Lipinski definition) is 1. The maximum Gasteiger partial charge on any atom is 0.216 e. The zero-order valence-electron chi connectivity index (χ0n) is 13.0. The Labute approximate surface area is 147 Å². The number of benzene rings is 2. The maximum absolute atomic E-state index is 12.5. The molecule has 0 saturated carbocycles. The summed E-state index contributed by atoms with van der Waals surface area (Å²) in [5.41, 5.74) is 2.49. The number of nitrogens with one attached hydrogen (secondary N) is 1. The highest BCUT2D eigenvalue weighted by atomic mass is 35.5. The predicted molar refractivity (Wildman–Crippen MR) is 96.4 cm³/mol. The molecule has 0 radical (unpaired) electrons. The molecule has 2 aromatic rings. The van der Waals surface area contributed by atoms with Gasteiger partial charge in [-0.2, -0.15) is 0 Å². The fourth-order valence-corrected chi connectivity index (χ4v) is 4.50. The quantitative estimate of drug-likeness (QED) is 0.786. The van der Waals surface area contributed by atoms with Crippen LogP contribution in [-0.4, -0.2) is 8.42 Å². The first-order valence-electron chi connectivity index (χ1n) is 7.32. The third-order valence-corrected chi connectivity index (χ3v) is 5.63. The van der Waals surface area contributed by atoms with Gasteiger partial charge in [0, 0.05) is 21.7 Å². The van der Waals surface area contributed by atoms with Crippen molar-refractivity contribution in [2.75, 3.05) is 0 Å². The second-order valence-electron chi connectivity index (χ2n) is 5.45. The number of hydrogen-bond acceptors (Lipinski definition) is 2. The minimum atomic E-state index is -3.57. The minimum Gasteiger partial charge on any atom is -0.212 e. The standard InChI is InChI=1S/C17H19Cl2NO2S/c1-3-17(13-9-7-12(2)8-10-13)20-23(21,22)11-14-15(18)5-4-6-16(14)19/h4-10,17,20H,3,11H2,1-2H3/t17-/m1/s1. The van der Waals surface area contributed by atoms with Gasteiger partial charge in [0.15, 0.2) is 0 Å². The molecule has 0 spiro atoms. The van der Waals surface area contributed by atoms with Crippen LogP contribution in [0.3, 0.4) is 0 Å². The van der Waals surface area contributed by atoms with Crippen LogP contribution in [-0.2, 0) is 15.8 Å². The molecule has 0 fully saturated rings. The summed E-state index contributed by atoms with van der Waals surface area (Å²) in [4.78, 5) is 0. The van der Waals surface area contributed by atoms with Gasteiger partial charge in [-0.15, -0.1) is 0 Å². The second-order valence-corrected chi connectivity index (χ2v) is 8.02. The molecular weight excluding hydrogens is 353 g/mol. The highest BCUT2D eigenvalue weighted by molar-refractivity contribution is 7.88. The first-order valence-corrected chi connectivity index (χ1v) is 9.72. The molecule has 0 amide bonds. The lowest BCUT2D eigenvalue weighted by Crippen LogP contribution is -2.29. The summed E-state index contributed by atoms with van der Waals surface area (Å²) in [5, 5.41) is 0.706. The van der Waals surface area contributed by atoms with Crippen LogP contribution < -0.4 is 4.72 Å². The zero-order valence-corrected chi connectivity index (χ0v) is 15.3. The van der Waals surface area contributed by atoms with Gasteiger partial charge in [-0.25, -0.2) is 13.1 Å². The van der Waals surface area contributed by atoms with Crippen molar-refractivity contribution in [1.82, 2.24) is 4.72 Å². The monoisotopic (exact) mass is 371 g/mol. The summed E-state index contributed by atoms with van der Waals surface area (Å²) in [6.45, 7) is 3.93. The molecule has 0 heterocycles. The summed E-state index contributed by atoms with van der Waals surface area (Å²) >= 11 is 12.1. The van der Waals surface area contributed by atoms with Gasteiger partial charge in [-0.05, 0) is 31.0 Å². The molecule has 0 aliphatic heterocycles. The van der Waals surface area contributed by atoms with Crippen molar-refractivity contribution in [3.8, 4) is 0 Å². The van der Waals surface area contributed by atoms with E-state index in [1.165, 1.54) is 0 Å². The summed E-state index contributed by atoms with van der Waals surface area (Å²) in [6.07, 6.45) is 0.651. The molecular formula is C17H19Cl2NO2S. The van der Waals surface area contributed by atoms with E-state index in [-0.39, 0.29) is 11.8 Å². The van der Waals surface area contributed by atoms with Crippen LogP contribution in [0.4, 0.5) is 0 Å². The van der Waals surface area contributed by atoms with Crippen molar-refractivity contribution < 1.29 is 8.42 Å². The number of aryl methyl sites for hydroxylation is 1. The van der Waals surface area contributed by atoms with Crippen molar-refractivity contribution in [3.63, 3.8) is 0 Å². The molecule has 23 heavy (non-hydrogen) atoms. The highest BCUT2D eigenvalue weighted by Gasteiger charge is 2.21. The number of rotatable bonds is 6. The Morgan fingerprint density at radius 1 is 1.04 bits per heavy atom. The molecule has 2 rings (SSSR count). The lowest BCUT2D eigenvalue weighted by atomic mass is 10.0. The Balaban J connectivity index is 2.20. The van der Waals surface area contributed by atoms with Gasteiger partial charge in [0.25, 0.3) is 0 Å². The van der Waals surface area contributed by atoms with Crippen molar-refractivity contribution in [1.29, 1.82) is 0 Å². The Bertz CT molecular complexity index is 753. The third-order valence-electron chi connectivity index (χ3n) is 3.61. The van der Waals surface area contributed by atoms with E-state index in [2.05, 4.69) is 4.72 Å². The van der Waals surface area contributed by atoms with Crippen LogP contribution in [0, 0.1) is 6.92 Å². The molecule has 0 aromatic heterocycles. The van der Waals surface area contributed by atoms with Crippen LogP contribution in [0.25, 0.3) is 0 Å². The van der Waals surface area contributed by atoms with Crippen LogP contribution in [0.5, 0.6) is 0 Å². The van der Waals surface area contributed by atoms with E-state index in [9.17, 15) is 8.42 Å². The predicted octanol–water partition coefficient (Wildman–Crippen LogP) is 4.87. The van der Waals surface area contributed by atoms with Gasteiger partial charge >= 0.3 is 0 Å². The lowest BCUT2D eigenvalue weighted by Gasteiger charge is -2.18. The molecule has 2 aromatic carbocycles. The molecule has 6 heteroatoms. The number of halogens is 2. The van der Waals surface area contributed by atoms with E-state index >= 15 is 0 Å². The molecule has 0 saturated heterocycles. The van der Waals surface area contributed by atoms with Gasteiger partial charge in [0.05, 0.1) is 5.75 Å². The van der Waals surface area contributed by atoms with Crippen LogP contribution >= 0.6 is 23.2 Å². The zero-order chi connectivity index (χ0) is 17.0. The van der Waals surface area contributed by atoms with E-state index in [0.29, 0.717) is 22.0 Å². The van der Waals surface area contributed by atoms with Gasteiger partial charge in [-0.3, -0.25) is 0 Å². The lowest BCUT2D eigenvalue weighted by molar-refractivity contribution is 0.549. The van der Waals surface area contributed by atoms with Gasteiger partial charge < -0.3 is 0 Å². The SMILES string of the molecule is CC[C@@H](NS(=O)(=O)Cc1c(Cl)cccc1Cl)c1ccc(C)cc1. The second kappa shape index (κ2) is 7.67. The highest BCUT2D eigenvalue weighted by Crippen LogP contribution is 2.27. The minimum absolute atomic E-state index is 0.242. The van der Waals surface area contributed by atoms with E-state index < -0.39 is 10.0 Å². The Kier molecular flexibility index (Phi) is 6.09. The Morgan fingerprint density at radius 2 is 1.61 bits per heavy atom. The summed E-state index contributed by atoms with van der Waals surface area (Å²) in [5.74, 6) is -0.242. The summed E-state index contributed by atoms with van der Waals surface area (Å²) < 4.78 is 27.7. The smallest absolute Gasteiger partial charge is 0.212 e. The molecule has 0 aliphatic carbocycles. The fourth-order valence-electron chi connectivity index (χ4n) is 2.30. The fraction of sp³-hybridized carbons (Fsp3) is 0.294. The van der Waals surface area contributed by atoms with Crippen LogP contribution in [0.1, 0.15) is 36.1 Å². The first-order chi connectivity index (χ1) is 10.8. The molecule has 1 atom stereocenters. The first kappa shape index (κ1) is 18.3. The Hall–Kier alpha value is -1.07. The van der Waals surface area contributed by atoms with E-state index in [0.717, 1.165) is 11.1 Å².